The normalized spacial score (nSPS) is 21.4. The van der Waals surface area contributed by atoms with Gasteiger partial charge in [0.1, 0.15) is 4.32 Å². The monoisotopic (exact) mass is 350 g/mol. The summed E-state index contributed by atoms with van der Waals surface area (Å²) in [6, 6.07) is 8.06. The Morgan fingerprint density at radius 3 is 2.73 bits per heavy atom. The maximum absolute atomic E-state index is 12.0. The molecule has 1 aromatic rings. The minimum atomic E-state index is -0.0685. The summed E-state index contributed by atoms with van der Waals surface area (Å²) in [5.74, 6) is -0.0685. The molecule has 3 rings (SSSR count). The van der Waals surface area contributed by atoms with Crippen LogP contribution in [0.2, 0.25) is 0 Å². The molecule has 7 heteroatoms. The van der Waals surface area contributed by atoms with Crippen molar-refractivity contribution in [1.29, 1.82) is 0 Å². The third-order valence-corrected chi connectivity index (χ3v) is 5.96. The number of β-amino-alcohol motifs (C(OH)–C–C–N with tert-alkyl or cyclic N) is 1. The van der Waals surface area contributed by atoms with Crippen molar-refractivity contribution in [2.45, 2.75) is 4.90 Å². The van der Waals surface area contributed by atoms with Gasteiger partial charge in [-0.15, -0.1) is 0 Å². The third-order valence-electron chi connectivity index (χ3n) is 3.32. The van der Waals surface area contributed by atoms with Gasteiger partial charge >= 0.3 is 0 Å². The van der Waals surface area contributed by atoms with E-state index < -0.39 is 0 Å². The van der Waals surface area contributed by atoms with E-state index in [1.807, 2.05) is 24.3 Å². The first-order chi connectivity index (χ1) is 10.6. The second-order valence-electron chi connectivity index (χ2n) is 4.71. The van der Waals surface area contributed by atoms with Crippen molar-refractivity contribution in [3.63, 3.8) is 0 Å². The molecule has 0 aliphatic carbocycles. The molecule has 2 aliphatic rings. The molecule has 0 radical (unpaired) electrons. The Kier molecular flexibility index (Phi) is 4.58. The summed E-state index contributed by atoms with van der Waals surface area (Å²) >= 11 is 8.07. The van der Waals surface area contributed by atoms with Crippen LogP contribution < -0.4 is 4.90 Å². The molecular formula is C15H14N2O2S3. The summed E-state index contributed by atoms with van der Waals surface area (Å²) < 4.78 is 0.573. The van der Waals surface area contributed by atoms with E-state index in [1.165, 1.54) is 16.7 Å². The van der Waals surface area contributed by atoms with Crippen LogP contribution in [-0.2, 0) is 4.79 Å². The minimum absolute atomic E-state index is 0.0685. The van der Waals surface area contributed by atoms with Gasteiger partial charge in [0.05, 0.1) is 22.2 Å². The van der Waals surface area contributed by atoms with Gasteiger partial charge in [-0.1, -0.05) is 47.9 Å². The number of aliphatic hydroxyl groups is 1. The minimum Gasteiger partial charge on any atom is -0.395 e. The van der Waals surface area contributed by atoms with Crippen molar-refractivity contribution < 1.29 is 9.90 Å². The molecule has 0 saturated carbocycles. The highest BCUT2D eigenvalue weighted by Gasteiger charge is 2.29. The van der Waals surface area contributed by atoms with Crippen molar-refractivity contribution in [2.24, 2.45) is 0 Å². The summed E-state index contributed by atoms with van der Waals surface area (Å²) in [5.41, 5.74) is 1.09. The van der Waals surface area contributed by atoms with E-state index in [0.717, 1.165) is 15.6 Å². The average molecular weight is 350 g/mol. The van der Waals surface area contributed by atoms with Gasteiger partial charge in [-0.05, 0) is 24.3 Å². The predicted octanol–water partition coefficient (Wildman–Crippen LogP) is 2.81. The maximum Gasteiger partial charge on any atom is 0.265 e. The number of likely N-dealkylation sites (N-methyl/N-ethyl adjacent to an activating group) is 1. The molecule has 1 aromatic carbocycles. The van der Waals surface area contributed by atoms with Crippen LogP contribution >= 0.6 is 35.7 Å². The molecule has 1 amide bonds. The van der Waals surface area contributed by atoms with Crippen LogP contribution in [0.4, 0.5) is 5.69 Å². The van der Waals surface area contributed by atoms with Gasteiger partial charge in [0, 0.05) is 18.5 Å². The first-order valence-corrected chi connectivity index (χ1v) is 8.73. The maximum atomic E-state index is 12.0. The van der Waals surface area contributed by atoms with Crippen LogP contribution in [0.15, 0.2) is 51.2 Å². The number of thiocarbonyl (C=S) groups is 1. The van der Waals surface area contributed by atoms with Gasteiger partial charge < -0.3 is 10.0 Å². The Bertz CT molecular complexity index is 700. The molecule has 1 N–H and O–H groups in total. The summed E-state index contributed by atoms with van der Waals surface area (Å²) in [7, 11) is 1.68. The number of thioether (sulfide) groups is 2. The van der Waals surface area contributed by atoms with Gasteiger partial charge in [0.15, 0.2) is 0 Å². The van der Waals surface area contributed by atoms with Crippen molar-refractivity contribution in [3.8, 4) is 0 Å². The molecule has 0 unspecified atom stereocenters. The first-order valence-electron chi connectivity index (χ1n) is 6.69. The highest BCUT2D eigenvalue weighted by atomic mass is 32.2. The number of allylic oxidation sites excluding steroid dienone is 2. The number of nitrogens with zero attached hydrogens (tertiary/aromatic N) is 2. The number of amides is 1. The van der Waals surface area contributed by atoms with Crippen LogP contribution in [0.5, 0.6) is 0 Å². The van der Waals surface area contributed by atoms with Crippen molar-refractivity contribution in [1.82, 2.24) is 4.90 Å². The quantitative estimate of drug-likeness (QED) is 0.668. The smallest absolute Gasteiger partial charge is 0.265 e. The zero-order chi connectivity index (χ0) is 15.7. The highest BCUT2D eigenvalue weighted by Crippen LogP contribution is 2.45. The van der Waals surface area contributed by atoms with E-state index in [1.54, 1.807) is 24.9 Å². The number of hydrogen-bond acceptors (Lipinski definition) is 6. The third kappa shape index (κ3) is 2.81. The average Bonchev–Trinajstić information content (AvgIpc) is 2.99. The number of carbonyl (C=O) groups is 1. The second kappa shape index (κ2) is 6.45. The first kappa shape index (κ1) is 15.6. The number of benzene rings is 1. The Labute approximate surface area is 142 Å². The number of hydrogen-bond donors (Lipinski definition) is 1. The number of para-hydroxylation sites is 1. The summed E-state index contributed by atoms with van der Waals surface area (Å²) in [6.07, 6.45) is 3.73. The lowest BCUT2D eigenvalue weighted by Gasteiger charge is -2.18. The lowest BCUT2D eigenvalue weighted by atomic mass is 10.3. The van der Waals surface area contributed by atoms with E-state index in [-0.39, 0.29) is 12.5 Å². The summed E-state index contributed by atoms with van der Waals surface area (Å²) in [6.45, 7) is 0.599. The molecular weight excluding hydrogens is 336 g/mol. The molecule has 1 saturated heterocycles. The standard InChI is InChI=1S/C15H14N2O2S3/c1-16-14(19)12(22-15(16)20)6-7-13-17(8-9-18)10-4-2-3-5-11(10)21-13/h2-7,18H,8-9H2,1H3. The van der Waals surface area contributed by atoms with Crippen LogP contribution in [0, 0.1) is 0 Å². The number of fused-ring (bicyclic) bond motifs is 1. The van der Waals surface area contributed by atoms with Crippen LogP contribution in [0.3, 0.4) is 0 Å². The van der Waals surface area contributed by atoms with E-state index >= 15 is 0 Å². The lowest BCUT2D eigenvalue weighted by molar-refractivity contribution is -0.121. The Morgan fingerprint density at radius 2 is 2.05 bits per heavy atom. The van der Waals surface area contributed by atoms with Crippen molar-refractivity contribution in [3.05, 3.63) is 46.4 Å². The molecule has 1 fully saturated rings. The molecule has 2 heterocycles. The van der Waals surface area contributed by atoms with Gasteiger partial charge in [-0.2, -0.15) is 0 Å². The fourth-order valence-electron chi connectivity index (χ4n) is 2.21. The zero-order valence-electron chi connectivity index (χ0n) is 11.9. The second-order valence-corrected chi connectivity index (χ2v) is 7.45. The Morgan fingerprint density at radius 1 is 1.27 bits per heavy atom. The van der Waals surface area contributed by atoms with E-state index in [4.69, 9.17) is 12.2 Å². The number of rotatable bonds is 3. The summed E-state index contributed by atoms with van der Waals surface area (Å²) in [5, 5.41) is 10.3. The molecule has 4 nitrogen and oxygen atoms in total. The molecule has 22 heavy (non-hydrogen) atoms. The largest absolute Gasteiger partial charge is 0.395 e. The summed E-state index contributed by atoms with van der Waals surface area (Å²) in [4.78, 5) is 17.3. The predicted molar refractivity (Wildman–Crippen MR) is 95.9 cm³/mol. The van der Waals surface area contributed by atoms with Gasteiger partial charge in [-0.25, -0.2) is 0 Å². The Hall–Kier alpha value is -1.28. The topological polar surface area (TPSA) is 43.8 Å². The van der Waals surface area contributed by atoms with E-state index in [2.05, 4.69) is 11.0 Å². The molecule has 0 bridgehead atoms. The van der Waals surface area contributed by atoms with Crippen LogP contribution in [-0.4, -0.2) is 40.4 Å². The van der Waals surface area contributed by atoms with Gasteiger partial charge in [-0.3, -0.25) is 9.69 Å². The lowest BCUT2D eigenvalue weighted by Crippen LogP contribution is -2.22. The molecule has 0 atom stereocenters. The number of carbonyl (C=O) groups excluding carboxylic acids is 1. The van der Waals surface area contributed by atoms with Crippen molar-refractivity contribution >= 4 is 51.7 Å². The fraction of sp³-hybridized carbons (Fsp3) is 0.200. The zero-order valence-corrected chi connectivity index (χ0v) is 14.3. The fourth-order valence-corrected chi connectivity index (χ4v) is 4.43. The molecule has 0 aromatic heterocycles. The van der Waals surface area contributed by atoms with Crippen LogP contribution in [0.25, 0.3) is 0 Å². The van der Waals surface area contributed by atoms with E-state index in [0.29, 0.717) is 15.8 Å². The van der Waals surface area contributed by atoms with Gasteiger partial charge in [0.2, 0.25) is 0 Å². The highest BCUT2D eigenvalue weighted by molar-refractivity contribution is 8.26. The van der Waals surface area contributed by atoms with E-state index in [9.17, 15) is 9.90 Å². The number of anilines is 1. The Balaban J connectivity index is 1.89. The van der Waals surface area contributed by atoms with Gasteiger partial charge in [0.25, 0.3) is 5.91 Å². The number of aliphatic hydroxyl groups excluding tert-OH is 1. The SMILES string of the molecule is CN1C(=O)C(=CC=C2Sc3ccccc3N2CCO)SC1=S. The van der Waals surface area contributed by atoms with Crippen molar-refractivity contribution in [2.75, 3.05) is 25.1 Å². The molecule has 2 aliphatic heterocycles. The molecule has 0 spiro atoms. The van der Waals surface area contributed by atoms with Crippen LogP contribution in [0.1, 0.15) is 0 Å². The molecule has 114 valence electrons.